The zero-order valence-electron chi connectivity index (χ0n) is 6.66. The van der Waals surface area contributed by atoms with E-state index in [0.29, 0.717) is 12.2 Å². The lowest BCUT2D eigenvalue weighted by Gasteiger charge is -1.92. The van der Waals surface area contributed by atoms with Gasteiger partial charge in [0, 0.05) is 31.3 Å². The van der Waals surface area contributed by atoms with Crippen LogP contribution >= 0.6 is 0 Å². The topological polar surface area (TPSA) is 59.2 Å². The Morgan fingerprint density at radius 2 is 2.50 bits per heavy atom. The van der Waals surface area contributed by atoms with Gasteiger partial charge in [-0.05, 0) is 0 Å². The smallest absolute Gasteiger partial charge is 0.308 e. The first kappa shape index (κ1) is 8.52. The number of hydrogen-bond donors (Lipinski definition) is 1. The molecule has 0 saturated heterocycles. The van der Waals surface area contributed by atoms with Gasteiger partial charge in [-0.1, -0.05) is 0 Å². The van der Waals surface area contributed by atoms with E-state index < -0.39 is 0 Å². The van der Waals surface area contributed by atoms with E-state index >= 15 is 0 Å². The van der Waals surface area contributed by atoms with E-state index in [0.717, 1.165) is 12.0 Å². The van der Waals surface area contributed by atoms with Gasteiger partial charge in [0.25, 0.3) is 0 Å². The molecule has 0 radical (unpaired) electrons. The highest BCUT2D eigenvalue weighted by Crippen LogP contribution is 2.12. The monoisotopic (exact) mass is 167 g/mol. The average Bonchev–Trinajstić information content (AvgIpc) is 2.36. The van der Waals surface area contributed by atoms with E-state index in [-0.39, 0.29) is 5.97 Å². The molecule has 0 amide bonds. The summed E-state index contributed by atoms with van der Waals surface area (Å²) in [6.45, 7) is 1.33. The molecular weight excluding hydrogens is 158 g/mol. The minimum Gasteiger partial charge on any atom is -0.425 e. The van der Waals surface area contributed by atoms with Gasteiger partial charge >= 0.3 is 5.97 Å². The molecule has 0 atom stereocenters. The number of aldehydes is 1. The lowest BCUT2D eigenvalue weighted by atomic mass is 10.3. The molecule has 0 aliphatic carbocycles. The zero-order chi connectivity index (χ0) is 8.97. The summed E-state index contributed by atoms with van der Waals surface area (Å²) >= 11 is 0. The van der Waals surface area contributed by atoms with Crippen LogP contribution in [0.15, 0.2) is 12.3 Å². The van der Waals surface area contributed by atoms with Crippen molar-refractivity contribution in [3.05, 3.63) is 18.0 Å². The van der Waals surface area contributed by atoms with Crippen LogP contribution in [0, 0.1) is 0 Å². The number of aromatic amines is 1. The molecule has 0 saturated carbocycles. The number of carbonyl (C=O) groups excluding carboxylic acids is 2. The van der Waals surface area contributed by atoms with E-state index in [9.17, 15) is 9.59 Å². The molecule has 0 aliphatic rings. The second-order valence-electron chi connectivity index (χ2n) is 2.33. The SMILES string of the molecule is CC(=O)Oc1c[nH]c(CC=O)c1. The molecule has 0 fully saturated rings. The van der Waals surface area contributed by atoms with Crippen molar-refractivity contribution in [2.75, 3.05) is 0 Å². The molecule has 0 bridgehead atoms. The fourth-order valence-corrected chi connectivity index (χ4v) is 0.851. The first-order chi connectivity index (χ1) is 5.72. The first-order valence-corrected chi connectivity index (χ1v) is 3.51. The highest BCUT2D eigenvalue weighted by molar-refractivity contribution is 5.69. The number of esters is 1. The van der Waals surface area contributed by atoms with Gasteiger partial charge in [0.15, 0.2) is 0 Å². The summed E-state index contributed by atoms with van der Waals surface area (Å²) in [5, 5.41) is 0. The molecule has 1 aromatic rings. The third kappa shape index (κ3) is 2.23. The van der Waals surface area contributed by atoms with Crippen LogP contribution in [0.25, 0.3) is 0 Å². The fraction of sp³-hybridized carbons (Fsp3) is 0.250. The molecule has 1 N–H and O–H groups in total. The van der Waals surface area contributed by atoms with E-state index in [4.69, 9.17) is 4.74 Å². The maximum atomic E-state index is 10.5. The number of ether oxygens (including phenoxy) is 1. The number of hydrogen-bond acceptors (Lipinski definition) is 3. The molecule has 4 nitrogen and oxygen atoms in total. The third-order valence-electron chi connectivity index (χ3n) is 1.28. The van der Waals surface area contributed by atoms with E-state index in [1.807, 2.05) is 0 Å². The molecule has 4 heteroatoms. The van der Waals surface area contributed by atoms with Crippen molar-refractivity contribution in [1.29, 1.82) is 0 Å². The summed E-state index contributed by atoms with van der Waals surface area (Å²) in [7, 11) is 0. The van der Waals surface area contributed by atoms with Gasteiger partial charge in [-0.25, -0.2) is 0 Å². The van der Waals surface area contributed by atoms with E-state index in [1.165, 1.54) is 6.92 Å². The second-order valence-corrected chi connectivity index (χ2v) is 2.33. The van der Waals surface area contributed by atoms with Gasteiger partial charge in [0.2, 0.25) is 0 Å². The van der Waals surface area contributed by atoms with E-state index in [2.05, 4.69) is 4.98 Å². The zero-order valence-corrected chi connectivity index (χ0v) is 6.66. The van der Waals surface area contributed by atoms with Crippen LogP contribution in [0.4, 0.5) is 0 Å². The molecule has 1 rings (SSSR count). The number of carbonyl (C=O) groups is 2. The van der Waals surface area contributed by atoms with Crippen LogP contribution < -0.4 is 4.74 Å². The lowest BCUT2D eigenvalue weighted by molar-refractivity contribution is -0.131. The van der Waals surface area contributed by atoms with Crippen molar-refractivity contribution < 1.29 is 14.3 Å². The highest BCUT2D eigenvalue weighted by atomic mass is 16.5. The maximum absolute atomic E-state index is 10.5. The van der Waals surface area contributed by atoms with Crippen molar-refractivity contribution in [2.45, 2.75) is 13.3 Å². The Balaban J connectivity index is 2.63. The summed E-state index contributed by atoms with van der Waals surface area (Å²) in [6, 6.07) is 1.62. The quantitative estimate of drug-likeness (QED) is 0.532. The predicted octanol–water partition coefficient (Wildman–Crippen LogP) is 0.681. The normalized spacial score (nSPS) is 9.42. The van der Waals surface area contributed by atoms with Crippen molar-refractivity contribution >= 4 is 12.3 Å². The predicted molar refractivity (Wildman–Crippen MR) is 41.9 cm³/mol. The van der Waals surface area contributed by atoms with Crippen molar-refractivity contribution in [3.63, 3.8) is 0 Å². The molecular formula is C8H9NO3. The van der Waals surface area contributed by atoms with Gasteiger partial charge in [0.1, 0.15) is 12.0 Å². The summed E-state index contributed by atoms with van der Waals surface area (Å²) in [5.41, 5.74) is 0.737. The Labute approximate surface area is 69.5 Å². The van der Waals surface area contributed by atoms with Gasteiger partial charge in [0.05, 0.1) is 0 Å². The van der Waals surface area contributed by atoms with Gasteiger partial charge in [-0.15, -0.1) is 0 Å². The average molecular weight is 167 g/mol. The van der Waals surface area contributed by atoms with Crippen molar-refractivity contribution in [2.24, 2.45) is 0 Å². The number of nitrogens with one attached hydrogen (secondary N) is 1. The van der Waals surface area contributed by atoms with Crippen LogP contribution in [-0.4, -0.2) is 17.2 Å². The Hall–Kier alpha value is -1.58. The minimum atomic E-state index is -0.369. The summed E-state index contributed by atoms with van der Waals surface area (Å²) in [5.74, 6) is 0.0750. The molecule has 1 heterocycles. The Bertz CT molecular complexity index is 290. The molecule has 64 valence electrons. The number of rotatable bonds is 3. The fourth-order valence-electron chi connectivity index (χ4n) is 0.851. The number of H-pyrrole nitrogens is 1. The maximum Gasteiger partial charge on any atom is 0.308 e. The van der Waals surface area contributed by atoms with Gasteiger partial charge in [-0.3, -0.25) is 4.79 Å². The van der Waals surface area contributed by atoms with Crippen LogP contribution in [-0.2, 0) is 16.0 Å². The van der Waals surface area contributed by atoms with Gasteiger partial charge in [-0.2, -0.15) is 0 Å². The summed E-state index contributed by atoms with van der Waals surface area (Å²) in [4.78, 5) is 23.4. The second kappa shape index (κ2) is 3.71. The largest absolute Gasteiger partial charge is 0.425 e. The lowest BCUT2D eigenvalue weighted by Crippen LogP contribution is -1.99. The minimum absolute atomic E-state index is 0.307. The molecule has 0 aromatic carbocycles. The summed E-state index contributed by atoms with van der Waals surface area (Å²) in [6.07, 6.45) is 2.63. The Morgan fingerprint density at radius 3 is 3.08 bits per heavy atom. The first-order valence-electron chi connectivity index (χ1n) is 3.51. The molecule has 1 aromatic heterocycles. The van der Waals surface area contributed by atoms with Crippen LogP contribution in [0.5, 0.6) is 5.75 Å². The van der Waals surface area contributed by atoms with Crippen molar-refractivity contribution in [1.82, 2.24) is 4.98 Å². The Kier molecular flexibility index (Phi) is 2.63. The molecule has 0 spiro atoms. The molecule has 0 unspecified atom stereocenters. The third-order valence-corrected chi connectivity index (χ3v) is 1.28. The Morgan fingerprint density at radius 1 is 1.75 bits per heavy atom. The molecule has 0 aliphatic heterocycles. The highest BCUT2D eigenvalue weighted by Gasteiger charge is 2.00. The van der Waals surface area contributed by atoms with Crippen LogP contribution in [0.1, 0.15) is 12.6 Å². The standard InChI is InChI=1S/C8H9NO3/c1-6(11)12-8-4-7(2-3-10)9-5-8/h3-5,9H,2H2,1H3. The molecule has 12 heavy (non-hydrogen) atoms. The van der Waals surface area contributed by atoms with E-state index in [1.54, 1.807) is 12.3 Å². The summed E-state index contributed by atoms with van der Waals surface area (Å²) < 4.78 is 4.76. The number of aromatic nitrogens is 1. The van der Waals surface area contributed by atoms with Crippen LogP contribution in [0.2, 0.25) is 0 Å². The van der Waals surface area contributed by atoms with Crippen molar-refractivity contribution in [3.8, 4) is 5.75 Å². The van der Waals surface area contributed by atoms with Crippen LogP contribution in [0.3, 0.4) is 0 Å². The van der Waals surface area contributed by atoms with Gasteiger partial charge < -0.3 is 14.5 Å².